The summed E-state index contributed by atoms with van der Waals surface area (Å²) in [6.07, 6.45) is 4.92. The fraction of sp³-hybridized carbons (Fsp3) is 0.182. The zero-order valence-corrected chi connectivity index (χ0v) is 17.0. The van der Waals surface area contributed by atoms with Gasteiger partial charge in [0.1, 0.15) is 11.0 Å². The minimum absolute atomic E-state index is 0.0341. The van der Waals surface area contributed by atoms with E-state index in [0.29, 0.717) is 34.9 Å². The summed E-state index contributed by atoms with van der Waals surface area (Å²) in [6.45, 7) is 1.34. The van der Waals surface area contributed by atoms with Gasteiger partial charge in [0.15, 0.2) is 0 Å². The minimum Gasteiger partial charge on any atom is -0.383 e. The molecule has 2 N–H and O–H groups in total. The largest absolute Gasteiger partial charge is 0.383 e. The van der Waals surface area contributed by atoms with Crippen LogP contribution in [-0.4, -0.2) is 32.9 Å². The van der Waals surface area contributed by atoms with E-state index in [1.165, 1.54) is 12.1 Å². The number of hydrogen-bond donors (Lipinski definition) is 2. The molecule has 0 aliphatic rings. The van der Waals surface area contributed by atoms with Crippen LogP contribution in [0.25, 0.3) is 21.8 Å². The van der Waals surface area contributed by atoms with Crippen LogP contribution in [0.2, 0.25) is 0 Å². The van der Waals surface area contributed by atoms with E-state index >= 15 is 0 Å². The summed E-state index contributed by atoms with van der Waals surface area (Å²) in [4.78, 5) is 30.2. The van der Waals surface area contributed by atoms with E-state index in [4.69, 9.17) is 0 Å². The number of benzene rings is 2. The minimum atomic E-state index is -0.407. The van der Waals surface area contributed by atoms with Crippen molar-refractivity contribution in [2.75, 3.05) is 23.7 Å². The molecule has 0 saturated carbocycles. The van der Waals surface area contributed by atoms with Crippen LogP contribution in [0.4, 0.5) is 22.7 Å². The summed E-state index contributed by atoms with van der Waals surface area (Å²) in [5.41, 5.74) is 2.72. The predicted octanol–water partition coefficient (Wildman–Crippen LogP) is 4.90. The first kappa shape index (κ1) is 20.9. The molecule has 0 saturated heterocycles. The predicted molar refractivity (Wildman–Crippen MR) is 123 cm³/mol. The van der Waals surface area contributed by atoms with Gasteiger partial charge in [-0.15, -0.1) is 0 Å². The summed E-state index contributed by atoms with van der Waals surface area (Å²) in [7, 11) is 0. The number of anilines is 2. The van der Waals surface area contributed by atoms with Gasteiger partial charge in [0.2, 0.25) is 0 Å². The number of nitrogens with one attached hydrogen (secondary N) is 2. The Balaban J connectivity index is 1.35. The van der Waals surface area contributed by atoms with E-state index in [2.05, 4.69) is 20.6 Å². The fourth-order valence-corrected chi connectivity index (χ4v) is 3.62. The molecule has 162 valence electrons. The molecule has 0 fully saturated rings. The van der Waals surface area contributed by atoms with Gasteiger partial charge in [0.05, 0.1) is 32.0 Å². The van der Waals surface area contributed by atoms with Crippen molar-refractivity contribution in [3.05, 3.63) is 81.2 Å². The molecule has 4 rings (SSSR count). The van der Waals surface area contributed by atoms with Crippen molar-refractivity contribution in [1.82, 2.24) is 9.97 Å². The molecule has 0 radical (unpaired) electrons. The lowest BCUT2D eigenvalue weighted by Crippen LogP contribution is -2.08. The number of unbranched alkanes of at least 4 members (excludes halogenated alkanes) is 1. The van der Waals surface area contributed by atoms with Gasteiger partial charge < -0.3 is 10.6 Å². The highest BCUT2D eigenvalue weighted by Gasteiger charge is 2.15. The van der Waals surface area contributed by atoms with Gasteiger partial charge in [0.25, 0.3) is 11.4 Å². The number of nitrogens with zero attached hydrogens (tertiary/aromatic N) is 4. The highest BCUT2D eigenvalue weighted by atomic mass is 16.6. The van der Waals surface area contributed by atoms with E-state index in [1.807, 2.05) is 0 Å². The first-order valence-electron chi connectivity index (χ1n) is 10.1. The van der Waals surface area contributed by atoms with Gasteiger partial charge >= 0.3 is 0 Å². The standard InChI is InChI=1S/C22H20N6O4/c29-27(30)19-9-7-17(21-15(19)5-3-13-25-21)23-11-1-2-12-24-18-8-10-20(28(31)32)16-6-4-14-26-22(16)18/h3-10,13-14,23-24H,1-2,11-12H2. The molecule has 0 atom stereocenters. The average molecular weight is 432 g/mol. The van der Waals surface area contributed by atoms with Crippen LogP contribution in [0.5, 0.6) is 0 Å². The smallest absolute Gasteiger partial charge is 0.278 e. The number of nitro groups is 2. The number of fused-ring (bicyclic) bond motifs is 2. The van der Waals surface area contributed by atoms with Gasteiger partial charge in [-0.1, -0.05) is 0 Å². The van der Waals surface area contributed by atoms with E-state index in [1.54, 1.807) is 48.8 Å². The van der Waals surface area contributed by atoms with Crippen molar-refractivity contribution in [1.29, 1.82) is 0 Å². The Morgan fingerprint density at radius 2 is 1.12 bits per heavy atom. The molecule has 2 heterocycles. The Hall–Kier alpha value is -4.34. The lowest BCUT2D eigenvalue weighted by Gasteiger charge is -2.11. The molecule has 0 bridgehead atoms. The molecular weight excluding hydrogens is 412 g/mol. The zero-order chi connectivity index (χ0) is 22.5. The van der Waals surface area contributed by atoms with Crippen molar-refractivity contribution < 1.29 is 9.85 Å². The third-order valence-corrected chi connectivity index (χ3v) is 5.12. The molecular formula is C22H20N6O4. The van der Waals surface area contributed by atoms with Crippen molar-refractivity contribution in [3.8, 4) is 0 Å². The van der Waals surface area contributed by atoms with Crippen LogP contribution >= 0.6 is 0 Å². The number of aromatic nitrogens is 2. The zero-order valence-electron chi connectivity index (χ0n) is 17.0. The Labute approximate surface area is 182 Å². The summed E-state index contributed by atoms with van der Waals surface area (Å²) < 4.78 is 0. The first-order valence-corrected chi connectivity index (χ1v) is 10.1. The van der Waals surface area contributed by atoms with Crippen LogP contribution in [0.3, 0.4) is 0 Å². The van der Waals surface area contributed by atoms with Crippen molar-refractivity contribution in [2.45, 2.75) is 12.8 Å². The van der Waals surface area contributed by atoms with Crippen molar-refractivity contribution in [2.24, 2.45) is 0 Å². The molecule has 0 aliphatic carbocycles. The van der Waals surface area contributed by atoms with Crippen molar-refractivity contribution in [3.63, 3.8) is 0 Å². The second-order valence-electron chi connectivity index (χ2n) is 7.14. The highest BCUT2D eigenvalue weighted by Crippen LogP contribution is 2.31. The molecule has 2 aromatic carbocycles. The molecule has 0 amide bonds. The van der Waals surface area contributed by atoms with Gasteiger partial charge in [-0.05, 0) is 49.2 Å². The summed E-state index contributed by atoms with van der Waals surface area (Å²) >= 11 is 0. The van der Waals surface area contributed by atoms with E-state index in [0.717, 1.165) is 24.2 Å². The SMILES string of the molecule is O=[N+]([O-])c1ccc(NCCCCNc2ccc([N+](=O)[O-])c3cccnc23)c2ncccc12. The second-order valence-corrected chi connectivity index (χ2v) is 7.14. The lowest BCUT2D eigenvalue weighted by atomic mass is 10.1. The van der Waals surface area contributed by atoms with Crippen molar-refractivity contribution >= 4 is 44.6 Å². The maximum atomic E-state index is 11.2. The van der Waals surface area contributed by atoms with E-state index in [9.17, 15) is 20.2 Å². The third kappa shape index (κ3) is 4.24. The highest BCUT2D eigenvalue weighted by molar-refractivity contribution is 5.97. The average Bonchev–Trinajstić information content (AvgIpc) is 2.80. The molecule has 4 aromatic rings. The molecule has 0 spiro atoms. The number of rotatable bonds is 9. The Kier molecular flexibility index (Phi) is 6.02. The number of pyridine rings is 2. The Morgan fingerprint density at radius 3 is 1.53 bits per heavy atom. The maximum Gasteiger partial charge on any atom is 0.278 e. The summed E-state index contributed by atoms with van der Waals surface area (Å²) in [5.74, 6) is 0. The van der Waals surface area contributed by atoms with Gasteiger partial charge in [-0.3, -0.25) is 30.2 Å². The quantitative estimate of drug-likeness (QED) is 0.216. The first-order chi connectivity index (χ1) is 15.6. The Bertz CT molecular complexity index is 1210. The molecule has 0 unspecified atom stereocenters. The van der Waals surface area contributed by atoms with E-state index in [-0.39, 0.29) is 11.4 Å². The second kappa shape index (κ2) is 9.21. The summed E-state index contributed by atoms with van der Waals surface area (Å²) in [5, 5.41) is 30.1. The summed E-state index contributed by atoms with van der Waals surface area (Å²) in [6, 6.07) is 13.1. The van der Waals surface area contributed by atoms with Gasteiger partial charge in [-0.25, -0.2) is 0 Å². The number of nitro benzene ring substituents is 2. The van der Waals surface area contributed by atoms with Crippen LogP contribution in [-0.2, 0) is 0 Å². The molecule has 32 heavy (non-hydrogen) atoms. The van der Waals surface area contributed by atoms with Crippen LogP contribution in [0, 0.1) is 20.2 Å². The number of non-ortho nitro benzene ring substituents is 2. The lowest BCUT2D eigenvalue weighted by molar-refractivity contribution is -0.383. The third-order valence-electron chi connectivity index (χ3n) is 5.12. The molecule has 10 heteroatoms. The monoisotopic (exact) mass is 432 g/mol. The van der Waals surface area contributed by atoms with Crippen LogP contribution in [0.15, 0.2) is 60.9 Å². The molecule has 0 aliphatic heterocycles. The normalized spacial score (nSPS) is 10.9. The van der Waals surface area contributed by atoms with Crippen LogP contribution < -0.4 is 10.6 Å². The maximum absolute atomic E-state index is 11.2. The fourth-order valence-electron chi connectivity index (χ4n) is 3.62. The van der Waals surface area contributed by atoms with Crippen LogP contribution in [0.1, 0.15) is 12.8 Å². The van der Waals surface area contributed by atoms with Gasteiger partial charge in [0, 0.05) is 37.6 Å². The number of hydrogen-bond acceptors (Lipinski definition) is 8. The topological polar surface area (TPSA) is 136 Å². The molecule has 2 aromatic heterocycles. The Morgan fingerprint density at radius 1 is 0.688 bits per heavy atom. The molecule has 10 nitrogen and oxygen atoms in total. The van der Waals surface area contributed by atoms with Gasteiger partial charge in [-0.2, -0.15) is 0 Å². The van der Waals surface area contributed by atoms with E-state index < -0.39 is 9.85 Å².